The molecule has 0 spiro atoms. The molecule has 2 nitrogen and oxygen atoms in total. The molecule has 0 bridgehead atoms. The summed E-state index contributed by atoms with van der Waals surface area (Å²) in [6, 6.07) is 0. The Morgan fingerprint density at radius 3 is 1.74 bits per heavy atom. The van der Waals surface area contributed by atoms with Gasteiger partial charge in [0.15, 0.2) is 0 Å². The molecular formula is C29H56O2. The normalized spacial score (nSPS) is 12.3. The van der Waals surface area contributed by atoms with Crippen LogP contribution in [0.1, 0.15) is 156 Å². The minimum atomic E-state index is 0.0486. The number of esters is 1. The van der Waals surface area contributed by atoms with Crippen LogP contribution in [0, 0.1) is 5.92 Å². The molecule has 0 aliphatic carbocycles. The minimum Gasteiger partial charge on any atom is -0.462 e. The molecule has 0 saturated carbocycles. The van der Waals surface area contributed by atoms with Crippen LogP contribution in [0.25, 0.3) is 0 Å². The third kappa shape index (κ3) is 20.8. The van der Waals surface area contributed by atoms with E-state index < -0.39 is 0 Å². The van der Waals surface area contributed by atoms with Gasteiger partial charge in [0.05, 0.1) is 0 Å². The molecule has 31 heavy (non-hydrogen) atoms. The lowest BCUT2D eigenvalue weighted by molar-refractivity contribution is -0.150. The number of carbonyl (C=O) groups excluding carboxylic acids is 1. The van der Waals surface area contributed by atoms with Crippen LogP contribution < -0.4 is 0 Å². The van der Waals surface area contributed by atoms with E-state index in [9.17, 15) is 4.79 Å². The van der Waals surface area contributed by atoms with Gasteiger partial charge >= 0.3 is 5.97 Å². The summed E-state index contributed by atoms with van der Waals surface area (Å²) in [4.78, 5) is 12.5. The van der Waals surface area contributed by atoms with Crippen molar-refractivity contribution < 1.29 is 9.53 Å². The Balaban J connectivity index is 4.29. The zero-order chi connectivity index (χ0) is 23.0. The molecule has 2 heteroatoms. The van der Waals surface area contributed by atoms with Crippen molar-refractivity contribution in [3.8, 4) is 0 Å². The van der Waals surface area contributed by atoms with Crippen LogP contribution >= 0.6 is 0 Å². The Morgan fingerprint density at radius 2 is 1.19 bits per heavy atom. The first-order chi connectivity index (χ1) is 15.2. The quantitative estimate of drug-likeness (QED) is 0.0854. The minimum absolute atomic E-state index is 0.0486. The molecule has 0 radical (unpaired) electrons. The number of ether oxygens (including phenoxy) is 1. The van der Waals surface area contributed by atoms with E-state index in [1.165, 1.54) is 103 Å². The third-order valence-electron chi connectivity index (χ3n) is 6.54. The van der Waals surface area contributed by atoms with Gasteiger partial charge in [0.25, 0.3) is 0 Å². The molecule has 0 rings (SSSR count). The Morgan fingerprint density at radius 1 is 0.677 bits per heavy atom. The predicted molar refractivity (Wildman–Crippen MR) is 138 cm³/mol. The monoisotopic (exact) mass is 436 g/mol. The van der Waals surface area contributed by atoms with Gasteiger partial charge in [0.1, 0.15) is 6.10 Å². The molecule has 0 aliphatic heterocycles. The number of carbonyl (C=O) groups is 1. The molecule has 0 heterocycles. The maximum atomic E-state index is 12.5. The van der Waals surface area contributed by atoms with Gasteiger partial charge in [-0.05, 0) is 57.3 Å². The summed E-state index contributed by atoms with van der Waals surface area (Å²) in [5, 5.41) is 0. The highest BCUT2D eigenvalue weighted by atomic mass is 16.5. The number of hydrogen-bond donors (Lipinski definition) is 0. The molecule has 0 aromatic carbocycles. The van der Waals surface area contributed by atoms with Crippen molar-refractivity contribution >= 4 is 5.97 Å². The summed E-state index contributed by atoms with van der Waals surface area (Å²) in [6.07, 6.45) is 27.4. The van der Waals surface area contributed by atoms with E-state index in [2.05, 4.69) is 27.4 Å². The van der Waals surface area contributed by atoms with Crippen LogP contribution in [0.2, 0.25) is 0 Å². The van der Waals surface area contributed by atoms with E-state index in [0.717, 1.165) is 31.6 Å². The smallest absolute Gasteiger partial charge is 0.306 e. The van der Waals surface area contributed by atoms with Gasteiger partial charge in [-0.3, -0.25) is 4.79 Å². The van der Waals surface area contributed by atoms with Crippen LogP contribution in [-0.2, 0) is 9.53 Å². The fraction of sp³-hybridized carbons (Fsp3) is 0.897. The first-order valence-corrected chi connectivity index (χ1v) is 14.0. The van der Waals surface area contributed by atoms with Crippen LogP contribution in [0.15, 0.2) is 12.7 Å². The topological polar surface area (TPSA) is 26.3 Å². The second-order valence-corrected chi connectivity index (χ2v) is 9.64. The van der Waals surface area contributed by atoms with E-state index in [4.69, 9.17) is 4.74 Å². The lowest BCUT2D eigenvalue weighted by Crippen LogP contribution is -2.18. The number of rotatable bonds is 24. The average molecular weight is 437 g/mol. The molecule has 0 amide bonds. The van der Waals surface area contributed by atoms with Gasteiger partial charge < -0.3 is 4.74 Å². The Bertz CT molecular complexity index is 376. The molecule has 0 fully saturated rings. The molecule has 184 valence electrons. The van der Waals surface area contributed by atoms with Gasteiger partial charge in [-0.2, -0.15) is 0 Å². The number of allylic oxidation sites excluding steroid dienone is 1. The SMILES string of the molecule is C=CCCCC(CCCC)CCCC(=O)OC(CCCCCCC)CCCCCCC. The molecule has 0 N–H and O–H groups in total. The lowest BCUT2D eigenvalue weighted by Gasteiger charge is -2.19. The van der Waals surface area contributed by atoms with E-state index in [-0.39, 0.29) is 12.1 Å². The molecular weight excluding hydrogens is 380 g/mol. The zero-order valence-corrected chi connectivity index (χ0v) is 21.6. The third-order valence-corrected chi connectivity index (χ3v) is 6.54. The first-order valence-electron chi connectivity index (χ1n) is 14.0. The van der Waals surface area contributed by atoms with Crippen molar-refractivity contribution in [2.75, 3.05) is 0 Å². The van der Waals surface area contributed by atoms with E-state index in [0.29, 0.717) is 6.42 Å². The highest BCUT2D eigenvalue weighted by Crippen LogP contribution is 2.23. The van der Waals surface area contributed by atoms with Crippen molar-refractivity contribution in [1.29, 1.82) is 0 Å². The van der Waals surface area contributed by atoms with Crippen molar-refractivity contribution in [3.05, 3.63) is 12.7 Å². The summed E-state index contributed by atoms with van der Waals surface area (Å²) in [5.74, 6) is 0.813. The van der Waals surface area contributed by atoms with Gasteiger partial charge in [-0.25, -0.2) is 0 Å². The Labute approximate surface area is 196 Å². The second kappa shape index (κ2) is 23.9. The Kier molecular flexibility index (Phi) is 23.3. The molecule has 1 unspecified atom stereocenters. The van der Waals surface area contributed by atoms with Gasteiger partial charge in [0.2, 0.25) is 0 Å². The van der Waals surface area contributed by atoms with Crippen LogP contribution in [0.4, 0.5) is 0 Å². The molecule has 0 saturated heterocycles. The first kappa shape index (κ1) is 30.2. The maximum Gasteiger partial charge on any atom is 0.306 e. The summed E-state index contributed by atoms with van der Waals surface area (Å²) >= 11 is 0. The fourth-order valence-corrected chi connectivity index (χ4v) is 4.47. The fourth-order valence-electron chi connectivity index (χ4n) is 4.47. The molecule has 1 atom stereocenters. The van der Waals surface area contributed by atoms with E-state index in [1.807, 2.05) is 6.08 Å². The van der Waals surface area contributed by atoms with Crippen molar-refractivity contribution in [3.63, 3.8) is 0 Å². The average Bonchev–Trinajstić information content (AvgIpc) is 2.76. The highest BCUT2D eigenvalue weighted by Gasteiger charge is 2.15. The summed E-state index contributed by atoms with van der Waals surface area (Å²) in [7, 11) is 0. The van der Waals surface area contributed by atoms with Crippen molar-refractivity contribution in [1.82, 2.24) is 0 Å². The maximum absolute atomic E-state index is 12.5. The van der Waals surface area contributed by atoms with Crippen LogP contribution in [0.5, 0.6) is 0 Å². The van der Waals surface area contributed by atoms with Crippen LogP contribution in [0.3, 0.4) is 0 Å². The summed E-state index contributed by atoms with van der Waals surface area (Å²) in [5.41, 5.74) is 0. The highest BCUT2D eigenvalue weighted by molar-refractivity contribution is 5.69. The predicted octanol–water partition coefficient (Wildman–Crippen LogP) is 9.95. The zero-order valence-electron chi connectivity index (χ0n) is 21.6. The second-order valence-electron chi connectivity index (χ2n) is 9.64. The van der Waals surface area contributed by atoms with E-state index >= 15 is 0 Å². The number of unbranched alkanes of at least 4 members (excludes halogenated alkanes) is 10. The number of hydrogen-bond acceptors (Lipinski definition) is 2. The van der Waals surface area contributed by atoms with E-state index in [1.54, 1.807) is 0 Å². The standard InChI is InChI=1S/C29H56O2/c1-5-9-13-15-18-24-28(25-19-16-14-10-6-2)31-29(30)26-20-23-27(21-12-8-4)22-17-11-7-3/h7,27-28H,3,5-6,8-26H2,1-2,4H3. The van der Waals surface area contributed by atoms with Crippen molar-refractivity contribution in [2.24, 2.45) is 5.92 Å². The summed E-state index contributed by atoms with van der Waals surface area (Å²) < 4.78 is 5.97. The van der Waals surface area contributed by atoms with Gasteiger partial charge in [0, 0.05) is 6.42 Å². The lowest BCUT2D eigenvalue weighted by atomic mass is 9.91. The van der Waals surface area contributed by atoms with Gasteiger partial charge in [-0.1, -0.05) is 104 Å². The summed E-state index contributed by atoms with van der Waals surface area (Å²) in [6.45, 7) is 10.6. The van der Waals surface area contributed by atoms with Crippen LogP contribution in [-0.4, -0.2) is 12.1 Å². The molecule has 0 aliphatic rings. The molecule has 0 aromatic heterocycles. The Hall–Kier alpha value is -0.790. The van der Waals surface area contributed by atoms with Crippen molar-refractivity contribution in [2.45, 2.75) is 162 Å². The largest absolute Gasteiger partial charge is 0.462 e. The van der Waals surface area contributed by atoms with Gasteiger partial charge in [-0.15, -0.1) is 6.58 Å². The molecule has 0 aromatic rings.